The highest BCUT2D eigenvalue weighted by Gasteiger charge is 2.32. The minimum atomic E-state index is -0.496. The SMILES string of the molecule is CSC1(CNc2ncc([N+](=O)[O-])cn2)CCCC1. The van der Waals surface area contributed by atoms with Crippen molar-refractivity contribution in [2.24, 2.45) is 0 Å². The van der Waals surface area contributed by atoms with E-state index in [1.165, 1.54) is 38.1 Å². The molecule has 1 aliphatic rings. The molecule has 0 atom stereocenters. The van der Waals surface area contributed by atoms with Gasteiger partial charge in [0.2, 0.25) is 5.95 Å². The molecular formula is C11H16N4O2S. The van der Waals surface area contributed by atoms with Crippen LogP contribution in [-0.4, -0.2) is 32.4 Å². The van der Waals surface area contributed by atoms with Crippen LogP contribution in [0.3, 0.4) is 0 Å². The third-order valence-corrected chi connectivity index (χ3v) is 4.78. The number of anilines is 1. The van der Waals surface area contributed by atoms with Crippen molar-refractivity contribution in [3.05, 3.63) is 22.5 Å². The predicted molar refractivity (Wildman–Crippen MR) is 71.9 cm³/mol. The summed E-state index contributed by atoms with van der Waals surface area (Å²) in [5.74, 6) is 0.459. The Bertz CT molecular complexity index is 418. The van der Waals surface area contributed by atoms with E-state index in [0.29, 0.717) is 5.95 Å². The molecule has 98 valence electrons. The van der Waals surface area contributed by atoms with Gasteiger partial charge in [0.05, 0.1) is 4.92 Å². The topological polar surface area (TPSA) is 81.0 Å². The molecule has 1 heterocycles. The summed E-state index contributed by atoms with van der Waals surface area (Å²) >= 11 is 1.88. The molecule has 0 amide bonds. The lowest BCUT2D eigenvalue weighted by Gasteiger charge is -2.26. The van der Waals surface area contributed by atoms with Gasteiger partial charge in [0.1, 0.15) is 12.4 Å². The first kappa shape index (κ1) is 13.1. The molecule has 6 nitrogen and oxygen atoms in total. The average molecular weight is 268 g/mol. The number of nitrogens with zero attached hydrogens (tertiary/aromatic N) is 3. The fourth-order valence-corrected chi connectivity index (χ4v) is 3.13. The van der Waals surface area contributed by atoms with Crippen LogP contribution in [0.4, 0.5) is 11.6 Å². The maximum Gasteiger partial charge on any atom is 0.305 e. The minimum Gasteiger partial charge on any atom is -0.353 e. The molecule has 0 radical (unpaired) electrons. The molecular weight excluding hydrogens is 252 g/mol. The van der Waals surface area contributed by atoms with E-state index in [9.17, 15) is 10.1 Å². The van der Waals surface area contributed by atoms with Gasteiger partial charge >= 0.3 is 5.69 Å². The first-order valence-electron chi connectivity index (χ1n) is 5.91. The van der Waals surface area contributed by atoms with E-state index in [1.807, 2.05) is 11.8 Å². The first-order chi connectivity index (χ1) is 8.65. The van der Waals surface area contributed by atoms with Gasteiger partial charge in [-0.05, 0) is 19.1 Å². The molecule has 0 saturated heterocycles. The van der Waals surface area contributed by atoms with Crippen molar-refractivity contribution in [1.82, 2.24) is 9.97 Å². The van der Waals surface area contributed by atoms with Crippen molar-refractivity contribution in [3.63, 3.8) is 0 Å². The van der Waals surface area contributed by atoms with Gasteiger partial charge in [-0.1, -0.05) is 12.8 Å². The van der Waals surface area contributed by atoms with Crippen LogP contribution in [0.2, 0.25) is 0 Å². The summed E-state index contributed by atoms with van der Waals surface area (Å²) in [6, 6.07) is 0. The monoisotopic (exact) mass is 268 g/mol. The molecule has 2 rings (SSSR count). The maximum atomic E-state index is 10.5. The normalized spacial score (nSPS) is 17.6. The van der Waals surface area contributed by atoms with Gasteiger partial charge in [0, 0.05) is 11.3 Å². The lowest BCUT2D eigenvalue weighted by atomic mass is 10.1. The number of aromatic nitrogens is 2. The van der Waals surface area contributed by atoms with Crippen molar-refractivity contribution in [3.8, 4) is 0 Å². The fraction of sp³-hybridized carbons (Fsp3) is 0.636. The van der Waals surface area contributed by atoms with Gasteiger partial charge in [-0.15, -0.1) is 0 Å². The van der Waals surface area contributed by atoms with Gasteiger partial charge in [-0.2, -0.15) is 11.8 Å². The van der Waals surface area contributed by atoms with Crippen LogP contribution in [0, 0.1) is 10.1 Å². The quantitative estimate of drug-likeness (QED) is 0.652. The van der Waals surface area contributed by atoms with Crippen molar-refractivity contribution in [1.29, 1.82) is 0 Å². The molecule has 1 aliphatic carbocycles. The van der Waals surface area contributed by atoms with E-state index in [-0.39, 0.29) is 10.4 Å². The Kier molecular flexibility index (Phi) is 4.00. The smallest absolute Gasteiger partial charge is 0.305 e. The number of hydrogen-bond donors (Lipinski definition) is 1. The Labute approximate surface area is 110 Å². The summed E-state index contributed by atoms with van der Waals surface area (Å²) in [5, 5.41) is 13.7. The molecule has 18 heavy (non-hydrogen) atoms. The van der Waals surface area contributed by atoms with Crippen LogP contribution < -0.4 is 5.32 Å². The second-order valence-corrected chi connectivity index (χ2v) is 5.74. The second kappa shape index (κ2) is 5.51. The fourth-order valence-electron chi connectivity index (χ4n) is 2.22. The first-order valence-corrected chi connectivity index (χ1v) is 7.13. The Morgan fingerprint density at radius 1 is 1.44 bits per heavy atom. The molecule has 7 heteroatoms. The van der Waals surface area contributed by atoms with Crippen LogP contribution in [0.15, 0.2) is 12.4 Å². The van der Waals surface area contributed by atoms with E-state index >= 15 is 0 Å². The third-order valence-electron chi connectivity index (χ3n) is 3.37. The highest BCUT2D eigenvalue weighted by Crippen LogP contribution is 2.40. The van der Waals surface area contributed by atoms with Crippen LogP contribution in [0.5, 0.6) is 0 Å². The van der Waals surface area contributed by atoms with E-state index in [0.717, 1.165) is 6.54 Å². The second-order valence-electron chi connectivity index (χ2n) is 4.47. The lowest BCUT2D eigenvalue weighted by Crippen LogP contribution is -2.30. The number of rotatable bonds is 5. The highest BCUT2D eigenvalue weighted by atomic mass is 32.2. The summed E-state index contributed by atoms with van der Waals surface area (Å²) in [5.41, 5.74) is -0.0824. The van der Waals surface area contributed by atoms with Crippen molar-refractivity contribution in [2.75, 3.05) is 18.1 Å². The summed E-state index contributed by atoms with van der Waals surface area (Å²) in [4.78, 5) is 17.9. The largest absolute Gasteiger partial charge is 0.353 e. The molecule has 0 spiro atoms. The van der Waals surface area contributed by atoms with Gasteiger partial charge in [0.15, 0.2) is 0 Å². The molecule has 0 unspecified atom stereocenters. The zero-order chi connectivity index (χ0) is 13.0. The zero-order valence-electron chi connectivity index (χ0n) is 10.3. The van der Waals surface area contributed by atoms with Crippen LogP contribution in [0.1, 0.15) is 25.7 Å². The standard InChI is InChI=1S/C11H16N4O2S/c1-18-11(4-2-3-5-11)8-14-10-12-6-9(7-13-10)15(16)17/h6-7H,2-5,8H2,1H3,(H,12,13,14). The third kappa shape index (κ3) is 2.90. The van der Waals surface area contributed by atoms with Crippen LogP contribution in [0.25, 0.3) is 0 Å². The maximum absolute atomic E-state index is 10.5. The number of nitrogens with one attached hydrogen (secondary N) is 1. The van der Waals surface area contributed by atoms with Crippen molar-refractivity contribution in [2.45, 2.75) is 30.4 Å². The predicted octanol–water partition coefficient (Wildman–Crippen LogP) is 2.47. The molecule has 1 aromatic heterocycles. The van der Waals surface area contributed by atoms with E-state index in [2.05, 4.69) is 21.5 Å². The Morgan fingerprint density at radius 2 is 2.06 bits per heavy atom. The van der Waals surface area contributed by atoms with Crippen molar-refractivity contribution >= 4 is 23.4 Å². The molecule has 1 N–H and O–H groups in total. The van der Waals surface area contributed by atoms with Crippen LogP contribution in [-0.2, 0) is 0 Å². The molecule has 0 aromatic carbocycles. The van der Waals surface area contributed by atoms with Gasteiger partial charge < -0.3 is 5.32 Å². The van der Waals surface area contributed by atoms with Crippen molar-refractivity contribution < 1.29 is 4.92 Å². The molecule has 1 aromatic rings. The van der Waals surface area contributed by atoms with Gasteiger partial charge in [-0.25, -0.2) is 9.97 Å². The Balaban J connectivity index is 1.95. The highest BCUT2D eigenvalue weighted by molar-refractivity contribution is 8.00. The molecule has 1 fully saturated rings. The molecule has 1 saturated carbocycles. The van der Waals surface area contributed by atoms with E-state index in [4.69, 9.17) is 0 Å². The molecule has 0 bridgehead atoms. The Hall–Kier alpha value is -1.37. The minimum absolute atomic E-state index is 0.0824. The van der Waals surface area contributed by atoms with Gasteiger partial charge in [0.25, 0.3) is 0 Å². The number of thioether (sulfide) groups is 1. The zero-order valence-corrected chi connectivity index (χ0v) is 11.1. The summed E-state index contributed by atoms with van der Waals surface area (Å²) < 4.78 is 0.269. The van der Waals surface area contributed by atoms with E-state index in [1.54, 1.807) is 0 Å². The number of hydrogen-bond acceptors (Lipinski definition) is 6. The summed E-state index contributed by atoms with van der Waals surface area (Å²) in [7, 11) is 0. The Morgan fingerprint density at radius 3 is 2.56 bits per heavy atom. The summed E-state index contributed by atoms with van der Waals surface area (Å²) in [6.45, 7) is 0.811. The van der Waals surface area contributed by atoms with Gasteiger partial charge in [-0.3, -0.25) is 10.1 Å². The summed E-state index contributed by atoms with van der Waals surface area (Å²) in [6.07, 6.45) is 9.53. The van der Waals surface area contributed by atoms with E-state index < -0.39 is 4.92 Å². The molecule has 0 aliphatic heterocycles. The lowest BCUT2D eigenvalue weighted by molar-refractivity contribution is -0.385. The number of nitro groups is 1. The van der Waals surface area contributed by atoms with Crippen LogP contribution >= 0.6 is 11.8 Å². The average Bonchev–Trinajstić information content (AvgIpc) is 2.86.